The molecule has 4 rings (SSSR count). The van der Waals surface area contributed by atoms with Gasteiger partial charge in [-0.25, -0.2) is 18.4 Å². The number of sulfone groups is 1. The van der Waals surface area contributed by atoms with E-state index in [1.807, 2.05) is 6.07 Å². The van der Waals surface area contributed by atoms with Crippen LogP contribution >= 0.6 is 0 Å². The summed E-state index contributed by atoms with van der Waals surface area (Å²) in [6.07, 6.45) is 5.14. The minimum atomic E-state index is -3.42. The van der Waals surface area contributed by atoms with Gasteiger partial charge < -0.3 is 20.1 Å². The Kier molecular flexibility index (Phi) is 6.97. The zero-order valence-corrected chi connectivity index (χ0v) is 19.8. The Morgan fingerprint density at radius 1 is 1.14 bits per heavy atom. The average molecular weight is 497 g/mol. The van der Waals surface area contributed by atoms with Gasteiger partial charge in [-0.3, -0.25) is 9.59 Å². The lowest BCUT2D eigenvalue weighted by molar-refractivity contribution is -0.136. The van der Waals surface area contributed by atoms with Crippen LogP contribution in [0.2, 0.25) is 0 Å². The van der Waals surface area contributed by atoms with Crippen LogP contribution in [-0.4, -0.2) is 53.1 Å². The summed E-state index contributed by atoms with van der Waals surface area (Å²) in [6.45, 7) is 1.01. The number of rotatable bonds is 9. The zero-order valence-electron chi connectivity index (χ0n) is 19.0. The van der Waals surface area contributed by atoms with Crippen LogP contribution < -0.4 is 10.1 Å². The van der Waals surface area contributed by atoms with Gasteiger partial charge in [0.1, 0.15) is 17.3 Å². The van der Waals surface area contributed by atoms with E-state index in [1.165, 1.54) is 24.5 Å². The molecule has 0 bridgehead atoms. The third-order valence-electron chi connectivity index (χ3n) is 5.36. The summed E-state index contributed by atoms with van der Waals surface area (Å²) in [5.41, 5.74) is 2.05. The molecule has 35 heavy (non-hydrogen) atoms. The maximum atomic E-state index is 12.2. The summed E-state index contributed by atoms with van der Waals surface area (Å²) < 4.78 is 29.3. The number of nitrogens with zero attached hydrogens (tertiary/aromatic N) is 3. The number of carboxylic acids is 1. The minimum Gasteiger partial charge on any atom is -0.481 e. The Labute approximate surface area is 202 Å². The maximum absolute atomic E-state index is 12.2. The van der Waals surface area contributed by atoms with Crippen molar-refractivity contribution < 1.29 is 27.9 Å². The number of amides is 1. The van der Waals surface area contributed by atoms with Crippen molar-refractivity contribution in [1.29, 1.82) is 0 Å². The van der Waals surface area contributed by atoms with Crippen molar-refractivity contribution in [3.63, 3.8) is 0 Å². The Morgan fingerprint density at radius 3 is 2.57 bits per heavy atom. The monoisotopic (exact) mass is 496 g/mol. The molecule has 11 heteroatoms. The fourth-order valence-corrected chi connectivity index (χ4v) is 4.22. The number of ether oxygens (including phenoxy) is 1. The molecule has 0 radical (unpaired) electrons. The van der Waals surface area contributed by atoms with Crippen LogP contribution in [0.4, 0.5) is 11.5 Å². The van der Waals surface area contributed by atoms with Crippen molar-refractivity contribution in [3.05, 3.63) is 66.0 Å². The fourth-order valence-electron chi connectivity index (χ4n) is 3.66. The molecule has 2 N–H and O–H groups in total. The number of carboxylic acid groups (broad SMARTS) is 1. The first kappa shape index (κ1) is 24.1. The summed E-state index contributed by atoms with van der Waals surface area (Å²) in [4.78, 5) is 33.0. The average Bonchev–Trinajstić information content (AvgIpc) is 3.20. The van der Waals surface area contributed by atoms with Crippen molar-refractivity contribution in [2.45, 2.75) is 30.8 Å². The van der Waals surface area contributed by atoms with E-state index in [0.29, 0.717) is 48.1 Å². The fraction of sp³-hybridized carbons (Fsp3) is 0.250. The van der Waals surface area contributed by atoms with Crippen molar-refractivity contribution in [1.82, 2.24) is 14.9 Å². The highest BCUT2D eigenvalue weighted by atomic mass is 32.2. The number of carbonyl (C=O) groups excluding carboxylic acids is 1. The number of pyridine rings is 2. The zero-order chi connectivity index (χ0) is 25.0. The Bertz CT molecular complexity index is 1340. The van der Waals surface area contributed by atoms with E-state index in [1.54, 1.807) is 29.2 Å². The predicted molar refractivity (Wildman–Crippen MR) is 127 cm³/mol. The number of hydrogen-bond donors (Lipinski definition) is 2. The van der Waals surface area contributed by atoms with Crippen molar-refractivity contribution in [3.8, 4) is 11.5 Å². The van der Waals surface area contributed by atoms with Gasteiger partial charge in [0.15, 0.2) is 14.9 Å². The lowest BCUT2D eigenvalue weighted by Gasteiger charge is -2.19. The molecule has 1 aliphatic heterocycles. The minimum absolute atomic E-state index is 0.0471. The molecule has 3 heterocycles. The Hall–Kier alpha value is -3.99. The molecule has 1 aromatic carbocycles. The molecule has 0 saturated carbocycles. The van der Waals surface area contributed by atoms with Gasteiger partial charge in [0.2, 0.25) is 5.91 Å². The highest BCUT2D eigenvalue weighted by Gasteiger charge is 2.22. The second kappa shape index (κ2) is 10.1. The lowest BCUT2D eigenvalue weighted by atomic mass is 10.1. The summed E-state index contributed by atoms with van der Waals surface area (Å²) >= 11 is 0. The summed E-state index contributed by atoms with van der Waals surface area (Å²) in [6, 6.07) is 11.7. The maximum Gasteiger partial charge on any atom is 0.307 e. The Balaban J connectivity index is 1.57. The number of benzene rings is 1. The van der Waals surface area contributed by atoms with Gasteiger partial charge in [0, 0.05) is 43.2 Å². The van der Waals surface area contributed by atoms with Crippen LogP contribution in [0, 0.1) is 0 Å². The van der Waals surface area contributed by atoms with E-state index < -0.39 is 15.8 Å². The van der Waals surface area contributed by atoms with Crippen LogP contribution in [0.5, 0.6) is 11.5 Å². The van der Waals surface area contributed by atoms with Crippen LogP contribution in [0.25, 0.3) is 0 Å². The second-order valence-corrected chi connectivity index (χ2v) is 10.2. The Morgan fingerprint density at radius 2 is 1.97 bits per heavy atom. The second-order valence-electron chi connectivity index (χ2n) is 8.19. The standard InChI is InChI=1S/C24H24N4O6S/c1-35(32,33)22-9-6-19(14-26-22)34-20-7-5-18(12-17(20)15-28-10-2-3-23(28)29)27-21-8-4-16(13-25-21)11-24(30)31/h4-9,12-14H,2-3,10-11,15H2,1H3,(H,25,27)(H,30,31). The van der Waals surface area contributed by atoms with E-state index in [2.05, 4.69) is 15.3 Å². The van der Waals surface area contributed by atoms with E-state index in [4.69, 9.17) is 9.84 Å². The molecule has 1 aliphatic rings. The number of aromatic nitrogens is 2. The van der Waals surface area contributed by atoms with Gasteiger partial charge in [0.25, 0.3) is 0 Å². The van der Waals surface area contributed by atoms with E-state index in [0.717, 1.165) is 18.2 Å². The predicted octanol–water partition coefficient (Wildman–Crippen LogP) is 3.17. The highest BCUT2D eigenvalue weighted by Crippen LogP contribution is 2.31. The number of hydrogen-bond acceptors (Lipinski definition) is 8. The van der Waals surface area contributed by atoms with E-state index in [-0.39, 0.29) is 17.4 Å². The first-order chi connectivity index (χ1) is 16.7. The summed E-state index contributed by atoms with van der Waals surface area (Å²) in [5.74, 6) is 0.558. The molecule has 3 aromatic rings. The highest BCUT2D eigenvalue weighted by molar-refractivity contribution is 7.90. The first-order valence-electron chi connectivity index (χ1n) is 10.9. The SMILES string of the molecule is CS(=O)(=O)c1ccc(Oc2ccc(Nc3ccc(CC(=O)O)cn3)cc2CN2CCCC2=O)cn1. The molecule has 0 aliphatic carbocycles. The third-order valence-corrected chi connectivity index (χ3v) is 6.36. The van der Waals surface area contributed by atoms with Crippen molar-refractivity contribution in [2.75, 3.05) is 18.1 Å². The molecule has 1 amide bonds. The van der Waals surface area contributed by atoms with Crippen molar-refractivity contribution >= 4 is 33.2 Å². The summed E-state index contributed by atoms with van der Waals surface area (Å²) in [7, 11) is -3.42. The molecule has 182 valence electrons. The van der Waals surface area contributed by atoms with Gasteiger partial charge in [-0.05, 0) is 48.4 Å². The van der Waals surface area contributed by atoms with Crippen molar-refractivity contribution in [2.24, 2.45) is 0 Å². The van der Waals surface area contributed by atoms with Crippen LogP contribution in [0.1, 0.15) is 24.0 Å². The quantitative estimate of drug-likeness (QED) is 0.457. The van der Waals surface area contributed by atoms with Gasteiger partial charge in [-0.1, -0.05) is 6.07 Å². The molecule has 2 aromatic heterocycles. The first-order valence-corrected chi connectivity index (χ1v) is 12.7. The normalized spacial score (nSPS) is 13.6. The topological polar surface area (TPSA) is 139 Å². The molecule has 0 atom stereocenters. The number of carbonyl (C=O) groups is 2. The molecular weight excluding hydrogens is 472 g/mol. The number of aliphatic carboxylic acids is 1. The third kappa shape index (κ3) is 6.33. The van der Waals surface area contributed by atoms with Gasteiger partial charge in [0.05, 0.1) is 12.6 Å². The number of anilines is 2. The molecular formula is C24H24N4O6S. The number of nitrogens with one attached hydrogen (secondary N) is 1. The van der Waals surface area contributed by atoms with E-state index >= 15 is 0 Å². The van der Waals surface area contributed by atoms with Gasteiger partial charge in [-0.15, -0.1) is 0 Å². The molecule has 0 unspecified atom stereocenters. The van der Waals surface area contributed by atoms with Gasteiger partial charge >= 0.3 is 5.97 Å². The number of likely N-dealkylation sites (tertiary alicyclic amines) is 1. The molecule has 1 fully saturated rings. The lowest BCUT2D eigenvalue weighted by Crippen LogP contribution is -2.24. The molecule has 1 saturated heterocycles. The smallest absolute Gasteiger partial charge is 0.307 e. The van der Waals surface area contributed by atoms with Crippen LogP contribution in [-0.2, 0) is 32.4 Å². The van der Waals surface area contributed by atoms with Crippen LogP contribution in [0.15, 0.2) is 59.9 Å². The van der Waals surface area contributed by atoms with Crippen LogP contribution in [0.3, 0.4) is 0 Å². The molecule has 10 nitrogen and oxygen atoms in total. The largest absolute Gasteiger partial charge is 0.481 e. The molecule has 0 spiro atoms. The van der Waals surface area contributed by atoms with E-state index in [9.17, 15) is 18.0 Å². The summed E-state index contributed by atoms with van der Waals surface area (Å²) in [5, 5.41) is 12.0. The van der Waals surface area contributed by atoms with Gasteiger partial charge in [-0.2, -0.15) is 0 Å².